The van der Waals surface area contributed by atoms with Gasteiger partial charge in [0.1, 0.15) is 5.82 Å². The number of carbonyl (C=O) groups excluding carboxylic acids is 2. The highest BCUT2D eigenvalue weighted by Gasteiger charge is 2.45. The molecule has 0 aliphatic heterocycles. The van der Waals surface area contributed by atoms with E-state index in [1.165, 1.54) is 29.6 Å². The maximum atomic E-state index is 12.8. The van der Waals surface area contributed by atoms with E-state index in [0.717, 1.165) is 6.92 Å². The highest BCUT2D eigenvalue weighted by molar-refractivity contribution is 6.08. The molecule has 1 N–H and O–H groups in total. The standard InChI is InChI=1S/C14H9F6N3O2/c1-7-9(10(24)13(15,16)17)11(21-12(25)14(18,19)20)23(22-7)8-5-3-2-4-6-8/h2-6H,1H3,(H,21,25). The van der Waals surface area contributed by atoms with E-state index in [2.05, 4.69) is 5.10 Å². The average molecular weight is 365 g/mol. The van der Waals surface area contributed by atoms with Crippen LogP contribution in [0.2, 0.25) is 0 Å². The topological polar surface area (TPSA) is 64.0 Å². The maximum Gasteiger partial charge on any atom is 0.471 e. The van der Waals surface area contributed by atoms with Gasteiger partial charge in [0.15, 0.2) is 0 Å². The summed E-state index contributed by atoms with van der Waals surface area (Å²) >= 11 is 0. The molecule has 0 atom stereocenters. The third-order valence-electron chi connectivity index (χ3n) is 3.04. The van der Waals surface area contributed by atoms with E-state index in [4.69, 9.17) is 0 Å². The van der Waals surface area contributed by atoms with E-state index in [1.807, 2.05) is 0 Å². The van der Waals surface area contributed by atoms with E-state index >= 15 is 0 Å². The van der Waals surface area contributed by atoms with E-state index in [1.54, 1.807) is 6.07 Å². The lowest BCUT2D eigenvalue weighted by Gasteiger charge is -2.13. The van der Waals surface area contributed by atoms with Gasteiger partial charge in [0.2, 0.25) is 0 Å². The first-order valence-electron chi connectivity index (χ1n) is 6.57. The molecule has 0 aliphatic rings. The van der Waals surface area contributed by atoms with Crippen molar-refractivity contribution in [2.75, 3.05) is 5.32 Å². The molecule has 0 saturated heterocycles. The van der Waals surface area contributed by atoms with Crippen LogP contribution in [-0.4, -0.2) is 33.8 Å². The smallest absolute Gasteiger partial charge is 0.302 e. The molecule has 0 radical (unpaired) electrons. The molecule has 1 aromatic heterocycles. The quantitative estimate of drug-likeness (QED) is 0.670. The molecule has 134 valence electrons. The fourth-order valence-corrected chi connectivity index (χ4v) is 1.99. The van der Waals surface area contributed by atoms with Gasteiger partial charge in [-0.3, -0.25) is 9.59 Å². The zero-order valence-electron chi connectivity index (χ0n) is 12.4. The number of benzene rings is 1. The van der Waals surface area contributed by atoms with Gasteiger partial charge in [-0.1, -0.05) is 18.2 Å². The molecule has 0 aliphatic carbocycles. The number of nitrogens with one attached hydrogen (secondary N) is 1. The van der Waals surface area contributed by atoms with Crippen molar-refractivity contribution in [1.29, 1.82) is 0 Å². The van der Waals surface area contributed by atoms with Crippen LogP contribution < -0.4 is 5.32 Å². The molecule has 2 aromatic rings. The minimum atomic E-state index is -5.36. The van der Waals surface area contributed by atoms with Crippen LogP contribution in [0, 0.1) is 6.92 Å². The van der Waals surface area contributed by atoms with Crippen LogP contribution in [0.4, 0.5) is 32.2 Å². The number of amides is 1. The number of carbonyl (C=O) groups is 2. The summed E-state index contributed by atoms with van der Waals surface area (Å²) < 4.78 is 76.4. The molecule has 1 aromatic carbocycles. The summed E-state index contributed by atoms with van der Waals surface area (Å²) in [5, 5.41) is 4.97. The number of aromatic nitrogens is 2. The van der Waals surface area contributed by atoms with Gasteiger partial charge in [0.05, 0.1) is 16.9 Å². The molecule has 5 nitrogen and oxygen atoms in total. The Hall–Kier alpha value is -2.85. The molecule has 2 rings (SSSR count). The molecule has 0 spiro atoms. The van der Waals surface area contributed by atoms with E-state index < -0.39 is 41.1 Å². The highest BCUT2D eigenvalue weighted by Crippen LogP contribution is 2.31. The lowest BCUT2D eigenvalue weighted by atomic mass is 10.1. The molecule has 0 fully saturated rings. The Kier molecular flexibility index (Phi) is 4.60. The van der Waals surface area contributed by atoms with E-state index in [-0.39, 0.29) is 5.69 Å². The van der Waals surface area contributed by atoms with Gasteiger partial charge in [-0.15, -0.1) is 0 Å². The number of anilines is 1. The fraction of sp³-hybridized carbons (Fsp3) is 0.214. The number of ketones is 1. The first-order valence-corrected chi connectivity index (χ1v) is 6.57. The number of aryl methyl sites for hydroxylation is 1. The minimum absolute atomic E-state index is 0.0595. The maximum absolute atomic E-state index is 12.8. The lowest BCUT2D eigenvalue weighted by Crippen LogP contribution is -2.32. The van der Waals surface area contributed by atoms with E-state index in [9.17, 15) is 35.9 Å². The van der Waals surface area contributed by atoms with Crippen molar-refractivity contribution in [3.63, 3.8) is 0 Å². The summed E-state index contributed by atoms with van der Waals surface area (Å²) in [5.41, 5.74) is -1.58. The van der Waals surface area contributed by atoms with Crippen molar-refractivity contribution in [1.82, 2.24) is 9.78 Å². The zero-order chi connectivity index (χ0) is 19.0. The van der Waals surface area contributed by atoms with Crippen molar-refractivity contribution in [2.45, 2.75) is 19.3 Å². The van der Waals surface area contributed by atoms with Crippen LogP contribution in [0.3, 0.4) is 0 Å². The first-order chi connectivity index (χ1) is 11.4. The Morgan fingerprint density at radius 2 is 1.56 bits per heavy atom. The summed E-state index contributed by atoms with van der Waals surface area (Å²) in [7, 11) is 0. The number of Topliss-reactive ketones (excluding diaryl/α,β-unsaturated/α-hetero) is 1. The van der Waals surface area contributed by atoms with Crippen molar-refractivity contribution >= 4 is 17.5 Å². The molecule has 11 heteroatoms. The average Bonchev–Trinajstić information content (AvgIpc) is 2.82. The summed E-state index contributed by atoms with van der Waals surface area (Å²) in [6, 6.07) is 7.12. The monoisotopic (exact) mass is 365 g/mol. The van der Waals surface area contributed by atoms with Crippen LogP contribution in [-0.2, 0) is 4.79 Å². The van der Waals surface area contributed by atoms with Crippen LogP contribution in [0.5, 0.6) is 0 Å². The third-order valence-corrected chi connectivity index (χ3v) is 3.04. The Morgan fingerprint density at radius 3 is 2.04 bits per heavy atom. The van der Waals surface area contributed by atoms with Gasteiger partial charge < -0.3 is 5.32 Å². The Balaban J connectivity index is 2.66. The van der Waals surface area contributed by atoms with Crippen molar-refractivity contribution in [2.24, 2.45) is 0 Å². The Morgan fingerprint density at radius 1 is 1.00 bits per heavy atom. The number of para-hydroxylation sites is 1. The van der Waals surface area contributed by atoms with Gasteiger partial charge in [-0.05, 0) is 19.1 Å². The molecule has 0 unspecified atom stereocenters. The second-order valence-electron chi connectivity index (χ2n) is 4.84. The Labute approximate surface area is 136 Å². The lowest BCUT2D eigenvalue weighted by molar-refractivity contribution is -0.167. The number of alkyl halides is 6. The number of hydrogen-bond acceptors (Lipinski definition) is 3. The van der Waals surface area contributed by atoms with Crippen molar-refractivity contribution < 1.29 is 35.9 Å². The van der Waals surface area contributed by atoms with Gasteiger partial charge in [0.25, 0.3) is 5.78 Å². The van der Waals surface area contributed by atoms with Crippen LogP contribution in [0.1, 0.15) is 16.1 Å². The number of halogens is 6. The molecule has 25 heavy (non-hydrogen) atoms. The summed E-state index contributed by atoms with van der Waals surface area (Å²) in [5.74, 6) is -5.95. The SMILES string of the molecule is Cc1nn(-c2ccccc2)c(NC(=O)C(F)(F)F)c1C(=O)C(F)(F)F. The molecule has 0 saturated carbocycles. The zero-order valence-corrected chi connectivity index (χ0v) is 12.4. The normalized spacial score (nSPS) is 12.1. The Bertz CT molecular complexity index is 808. The largest absolute Gasteiger partial charge is 0.471 e. The van der Waals surface area contributed by atoms with Gasteiger partial charge in [0, 0.05) is 0 Å². The number of rotatable bonds is 3. The van der Waals surface area contributed by atoms with Gasteiger partial charge in [-0.25, -0.2) is 4.68 Å². The second kappa shape index (κ2) is 6.22. The molecule has 1 amide bonds. The van der Waals surface area contributed by atoms with Crippen LogP contribution in [0.15, 0.2) is 30.3 Å². The minimum Gasteiger partial charge on any atom is -0.302 e. The summed E-state index contributed by atoms with van der Waals surface area (Å²) in [6.07, 6.45) is -10.7. The second-order valence-corrected chi connectivity index (χ2v) is 4.84. The van der Waals surface area contributed by atoms with Crippen molar-refractivity contribution in [3.05, 3.63) is 41.6 Å². The van der Waals surface area contributed by atoms with Crippen molar-refractivity contribution in [3.8, 4) is 5.69 Å². The molecule has 0 bridgehead atoms. The summed E-state index contributed by atoms with van der Waals surface area (Å²) in [6.45, 7) is 1.02. The van der Waals surface area contributed by atoms with Gasteiger partial charge in [-0.2, -0.15) is 31.4 Å². The number of nitrogens with zero attached hydrogens (tertiary/aromatic N) is 2. The first kappa shape index (κ1) is 18.5. The predicted molar refractivity (Wildman–Crippen MR) is 73.4 cm³/mol. The molecular weight excluding hydrogens is 356 g/mol. The van der Waals surface area contributed by atoms with E-state index in [0.29, 0.717) is 4.68 Å². The van der Waals surface area contributed by atoms with Crippen LogP contribution >= 0.6 is 0 Å². The fourth-order valence-electron chi connectivity index (χ4n) is 1.99. The molecular formula is C14H9F6N3O2. The van der Waals surface area contributed by atoms with Crippen LogP contribution in [0.25, 0.3) is 5.69 Å². The predicted octanol–water partition coefficient (Wildman–Crippen LogP) is 3.43. The molecule has 1 heterocycles. The highest BCUT2D eigenvalue weighted by atomic mass is 19.4. The number of hydrogen-bond donors (Lipinski definition) is 1. The third kappa shape index (κ3) is 3.80. The van der Waals surface area contributed by atoms with Gasteiger partial charge >= 0.3 is 18.3 Å². The summed E-state index contributed by atoms with van der Waals surface area (Å²) in [4.78, 5) is 22.8.